The molecular formula is C24H34FN3O2. The van der Waals surface area contributed by atoms with Crippen LogP contribution in [0, 0.1) is 5.82 Å². The molecule has 1 amide bonds. The van der Waals surface area contributed by atoms with Crippen LogP contribution in [0.3, 0.4) is 0 Å². The second-order valence-corrected chi connectivity index (χ2v) is 9.53. The summed E-state index contributed by atoms with van der Waals surface area (Å²) in [6, 6.07) is 7.43. The molecular weight excluding hydrogens is 381 g/mol. The number of ether oxygens (including phenoxy) is 1. The predicted molar refractivity (Wildman–Crippen MR) is 114 cm³/mol. The minimum Gasteiger partial charge on any atom is -0.489 e. The fourth-order valence-corrected chi connectivity index (χ4v) is 5.46. The van der Waals surface area contributed by atoms with Gasteiger partial charge in [-0.2, -0.15) is 0 Å². The van der Waals surface area contributed by atoms with Crippen molar-refractivity contribution in [3.05, 3.63) is 30.1 Å². The summed E-state index contributed by atoms with van der Waals surface area (Å²) in [5.74, 6) is 0.728. The Bertz CT molecular complexity index is 734. The summed E-state index contributed by atoms with van der Waals surface area (Å²) in [4.78, 5) is 20.7. The van der Waals surface area contributed by atoms with Crippen molar-refractivity contribution in [2.75, 3.05) is 32.7 Å². The first-order valence-corrected chi connectivity index (χ1v) is 11.9. The van der Waals surface area contributed by atoms with Gasteiger partial charge in [-0.05, 0) is 56.4 Å². The molecule has 1 aromatic rings. The van der Waals surface area contributed by atoms with E-state index in [0.717, 1.165) is 51.6 Å². The zero-order valence-corrected chi connectivity index (χ0v) is 17.8. The number of likely N-dealkylation sites (tertiary alicyclic amines) is 1. The highest BCUT2D eigenvalue weighted by molar-refractivity contribution is 5.82. The average molecular weight is 416 g/mol. The third-order valence-corrected chi connectivity index (χ3v) is 7.68. The van der Waals surface area contributed by atoms with E-state index in [4.69, 9.17) is 4.74 Å². The largest absolute Gasteiger partial charge is 0.489 e. The molecule has 2 atom stereocenters. The van der Waals surface area contributed by atoms with E-state index in [9.17, 15) is 9.18 Å². The summed E-state index contributed by atoms with van der Waals surface area (Å²) in [6.45, 7) is 4.67. The van der Waals surface area contributed by atoms with E-state index < -0.39 is 0 Å². The Morgan fingerprint density at radius 2 is 1.63 bits per heavy atom. The highest BCUT2D eigenvalue weighted by Crippen LogP contribution is 2.34. The molecule has 1 aromatic carbocycles. The second kappa shape index (κ2) is 8.83. The van der Waals surface area contributed by atoms with Gasteiger partial charge in [-0.1, -0.05) is 12.8 Å². The molecule has 0 unspecified atom stereocenters. The van der Waals surface area contributed by atoms with Crippen LogP contribution in [0.2, 0.25) is 0 Å². The normalized spacial score (nSPS) is 29.3. The standard InChI is InChI=1S/C24H34FN3O2/c25-18-8-10-21(11-9-18)30-22-16-23(28(17-22)20-6-2-7-20)24(29)27-13-3-12-26(14-15-27)19-4-1-5-19/h8-11,19-20,22-23H,1-7,12-17H2/t22-,23+/m0/s1. The Morgan fingerprint density at radius 3 is 2.30 bits per heavy atom. The summed E-state index contributed by atoms with van der Waals surface area (Å²) in [6.07, 6.45) is 9.43. The Labute approximate surface area is 179 Å². The van der Waals surface area contributed by atoms with Gasteiger partial charge < -0.3 is 9.64 Å². The van der Waals surface area contributed by atoms with Gasteiger partial charge in [0.05, 0.1) is 6.04 Å². The van der Waals surface area contributed by atoms with Crippen molar-refractivity contribution in [2.45, 2.75) is 75.6 Å². The molecule has 30 heavy (non-hydrogen) atoms. The van der Waals surface area contributed by atoms with Crippen LogP contribution in [-0.4, -0.2) is 77.6 Å². The number of hydrogen-bond donors (Lipinski definition) is 0. The summed E-state index contributed by atoms with van der Waals surface area (Å²) >= 11 is 0. The summed E-state index contributed by atoms with van der Waals surface area (Å²) < 4.78 is 19.4. The summed E-state index contributed by atoms with van der Waals surface area (Å²) in [7, 11) is 0. The van der Waals surface area contributed by atoms with Crippen molar-refractivity contribution in [1.29, 1.82) is 0 Å². The number of carbonyl (C=O) groups is 1. The Balaban J connectivity index is 1.23. The Hall–Kier alpha value is -1.66. The molecule has 0 radical (unpaired) electrons. The topological polar surface area (TPSA) is 36.0 Å². The summed E-state index contributed by atoms with van der Waals surface area (Å²) in [5.41, 5.74) is 0. The van der Waals surface area contributed by atoms with E-state index in [-0.39, 0.29) is 18.0 Å². The van der Waals surface area contributed by atoms with Gasteiger partial charge in [0.15, 0.2) is 0 Å². The molecule has 4 fully saturated rings. The number of amides is 1. The van der Waals surface area contributed by atoms with Crippen LogP contribution in [0.1, 0.15) is 51.4 Å². The second-order valence-electron chi connectivity index (χ2n) is 9.53. The summed E-state index contributed by atoms with van der Waals surface area (Å²) in [5, 5.41) is 0. The Morgan fingerprint density at radius 1 is 0.900 bits per heavy atom. The molecule has 164 valence electrons. The first kappa shape index (κ1) is 20.3. The van der Waals surface area contributed by atoms with E-state index >= 15 is 0 Å². The highest BCUT2D eigenvalue weighted by Gasteiger charge is 2.44. The lowest BCUT2D eigenvalue weighted by Gasteiger charge is -2.39. The van der Waals surface area contributed by atoms with Crippen LogP contribution in [-0.2, 0) is 4.79 Å². The molecule has 2 saturated heterocycles. The van der Waals surface area contributed by atoms with Crippen LogP contribution in [0.4, 0.5) is 4.39 Å². The van der Waals surface area contributed by atoms with Crippen molar-refractivity contribution in [1.82, 2.24) is 14.7 Å². The molecule has 5 nitrogen and oxygen atoms in total. The first-order valence-electron chi connectivity index (χ1n) is 11.9. The van der Waals surface area contributed by atoms with Gasteiger partial charge in [-0.3, -0.25) is 14.6 Å². The third kappa shape index (κ3) is 4.22. The maximum absolute atomic E-state index is 13.6. The number of hydrogen-bond acceptors (Lipinski definition) is 4. The van der Waals surface area contributed by atoms with Crippen LogP contribution in [0.5, 0.6) is 5.75 Å². The maximum atomic E-state index is 13.6. The van der Waals surface area contributed by atoms with Gasteiger partial charge in [0.1, 0.15) is 17.7 Å². The SMILES string of the molecule is O=C([C@H]1C[C@H](Oc2ccc(F)cc2)CN1C1CCC1)N1CCCN(C2CCC2)CC1. The fourth-order valence-electron chi connectivity index (χ4n) is 5.46. The van der Waals surface area contributed by atoms with Gasteiger partial charge in [0.25, 0.3) is 0 Å². The molecule has 0 spiro atoms. The van der Waals surface area contributed by atoms with Gasteiger partial charge in [-0.15, -0.1) is 0 Å². The molecule has 0 N–H and O–H groups in total. The van der Waals surface area contributed by atoms with Gasteiger partial charge in [0.2, 0.25) is 5.91 Å². The lowest BCUT2D eigenvalue weighted by Crippen LogP contribution is -2.52. The minimum absolute atomic E-state index is 0.0107. The molecule has 0 bridgehead atoms. The number of rotatable bonds is 5. The molecule has 6 heteroatoms. The minimum atomic E-state index is -0.255. The Kier molecular flexibility index (Phi) is 5.96. The first-order chi connectivity index (χ1) is 14.7. The number of halogens is 1. The monoisotopic (exact) mass is 415 g/mol. The molecule has 2 aliphatic carbocycles. The van der Waals surface area contributed by atoms with Crippen molar-refractivity contribution in [2.24, 2.45) is 0 Å². The smallest absolute Gasteiger partial charge is 0.240 e. The van der Waals surface area contributed by atoms with Gasteiger partial charge in [0, 0.05) is 51.2 Å². The van der Waals surface area contributed by atoms with E-state index in [2.05, 4.69) is 14.7 Å². The third-order valence-electron chi connectivity index (χ3n) is 7.68. The van der Waals surface area contributed by atoms with Crippen molar-refractivity contribution in [3.8, 4) is 5.75 Å². The van der Waals surface area contributed by atoms with E-state index in [1.807, 2.05) is 0 Å². The van der Waals surface area contributed by atoms with Crippen LogP contribution in [0.15, 0.2) is 24.3 Å². The number of carbonyl (C=O) groups excluding carboxylic acids is 1. The molecule has 2 heterocycles. The zero-order valence-electron chi connectivity index (χ0n) is 17.8. The molecule has 4 aliphatic rings. The maximum Gasteiger partial charge on any atom is 0.240 e. The van der Waals surface area contributed by atoms with Gasteiger partial charge >= 0.3 is 0 Å². The number of benzene rings is 1. The van der Waals surface area contributed by atoms with Gasteiger partial charge in [-0.25, -0.2) is 4.39 Å². The number of nitrogens with zero attached hydrogens (tertiary/aromatic N) is 3. The average Bonchev–Trinajstić information content (AvgIpc) is 2.89. The quantitative estimate of drug-likeness (QED) is 0.740. The van der Waals surface area contributed by atoms with Crippen LogP contribution in [0.25, 0.3) is 0 Å². The highest BCUT2D eigenvalue weighted by atomic mass is 19.1. The van der Waals surface area contributed by atoms with Crippen LogP contribution < -0.4 is 4.74 Å². The van der Waals surface area contributed by atoms with E-state index in [0.29, 0.717) is 17.7 Å². The molecule has 0 aromatic heterocycles. The molecule has 5 rings (SSSR count). The lowest BCUT2D eigenvalue weighted by molar-refractivity contribution is -0.137. The zero-order chi connectivity index (χ0) is 20.5. The van der Waals surface area contributed by atoms with Crippen molar-refractivity contribution in [3.63, 3.8) is 0 Å². The van der Waals surface area contributed by atoms with Crippen molar-refractivity contribution < 1.29 is 13.9 Å². The van der Waals surface area contributed by atoms with Crippen molar-refractivity contribution >= 4 is 5.91 Å². The van der Waals surface area contributed by atoms with Crippen LogP contribution >= 0.6 is 0 Å². The van der Waals surface area contributed by atoms with E-state index in [1.165, 1.54) is 50.7 Å². The molecule has 2 aliphatic heterocycles. The fraction of sp³-hybridized carbons (Fsp3) is 0.708. The molecule has 2 saturated carbocycles. The lowest BCUT2D eigenvalue weighted by atomic mass is 9.91. The predicted octanol–water partition coefficient (Wildman–Crippen LogP) is 3.29. The van der Waals surface area contributed by atoms with E-state index in [1.54, 1.807) is 12.1 Å².